The number of aryl methyl sites for hydroxylation is 1. The highest BCUT2D eigenvalue weighted by Crippen LogP contribution is 2.32. The summed E-state index contributed by atoms with van der Waals surface area (Å²) in [6.45, 7) is 7.17. The smallest absolute Gasteiger partial charge is 0.226 e. The summed E-state index contributed by atoms with van der Waals surface area (Å²) in [4.78, 5) is 27.1. The van der Waals surface area contributed by atoms with Gasteiger partial charge in [-0.2, -0.15) is 4.98 Å². The molecule has 0 radical (unpaired) electrons. The van der Waals surface area contributed by atoms with Crippen LogP contribution in [0.15, 0.2) is 6.07 Å². The Hall–Kier alpha value is -1.93. The van der Waals surface area contributed by atoms with Crippen molar-refractivity contribution in [2.45, 2.75) is 20.3 Å². The van der Waals surface area contributed by atoms with Crippen LogP contribution in [0.4, 0.5) is 11.8 Å². The largest absolute Gasteiger partial charge is 0.395 e. The molecule has 2 N–H and O–H groups in total. The van der Waals surface area contributed by atoms with Crippen LogP contribution >= 0.6 is 11.3 Å². The zero-order chi connectivity index (χ0) is 17.1. The highest BCUT2D eigenvalue weighted by molar-refractivity contribution is 7.18. The Bertz CT molecular complexity index is 725. The lowest BCUT2D eigenvalue weighted by Crippen LogP contribution is -2.48. The number of nitrogens with zero attached hydrogens (tertiary/aromatic N) is 4. The lowest BCUT2D eigenvalue weighted by Gasteiger charge is -2.35. The van der Waals surface area contributed by atoms with Crippen molar-refractivity contribution < 1.29 is 9.90 Å². The first-order valence-corrected chi connectivity index (χ1v) is 9.09. The van der Waals surface area contributed by atoms with Gasteiger partial charge in [-0.3, -0.25) is 4.79 Å². The first kappa shape index (κ1) is 16.9. The molecule has 1 saturated heterocycles. The number of hydrogen-bond donors (Lipinski definition) is 2. The molecule has 1 fully saturated rings. The van der Waals surface area contributed by atoms with E-state index in [0.29, 0.717) is 25.6 Å². The van der Waals surface area contributed by atoms with Crippen LogP contribution in [0.1, 0.15) is 18.7 Å². The molecule has 0 bridgehead atoms. The van der Waals surface area contributed by atoms with Gasteiger partial charge in [0.05, 0.1) is 12.0 Å². The number of nitrogens with one attached hydrogen (secondary N) is 1. The molecular formula is C16H23N5O2S. The van der Waals surface area contributed by atoms with Crippen LogP contribution in [0.5, 0.6) is 0 Å². The van der Waals surface area contributed by atoms with E-state index in [1.165, 1.54) is 4.88 Å². The van der Waals surface area contributed by atoms with Crippen molar-refractivity contribution in [3.05, 3.63) is 10.9 Å². The van der Waals surface area contributed by atoms with Gasteiger partial charge in [-0.25, -0.2) is 4.98 Å². The molecule has 2 aromatic heterocycles. The minimum Gasteiger partial charge on any atom is -0.395 e. The first-order valence-electron chi connectivity index (χ1n) is 8.28. The minimum absolute atomic E-state index is 0.0403. The maximum absolute atomic E-state index is 11.5. The molecule has 1 aliphatic heterocycles. The molecule has 0 aliphatic carbocycles. The van der Waals surface area contributed by atoms with Gasteiger partial charge < -0.3 is 20.2 Å². The summed E-state index contributed by atoms with van der Waals surface area (Å²) in [6, 6.07) is 2.17. The summed E-state index contributed by atoms with van der Waals surface area (Å²) in [6.07, 6.45) is 0.970. The fourth-order valence-electron chi connectivity index (χ4n) is 2.85. The Labute approximate surface area is 145 Å². The Kier molecular flexibility index (Phi) is 5.15. The molecule has 1 amide bonds. The van der Waals surface area contributed by atoms with Crippen LogP contribution in [-0.2, 0) is 11.2 Å². The Morgan fingerprint density at radius 1 is 1.33 bits per heavy atom. The van der Waals surface area contributed by atoms with Crippen LogP contribution in [0.25, 0.3) is 10.2 Å². The Morgan fingerprint density at radius 3 is 2.71 bits per heavy atom. The van der Waals surface area contributed by atoms with Crippen molar-refractivity contribution in [3.8, 4) is 0 Å². The molecule has 0 saturated carbocycles. The van der Waals surface area contributed by atoms with Crippen molar-refractivity contribution in [1.29, 1.82) is 0 Å². The number of carbonyl (C=O) groups is 1. The van der Waals surface area contributed by atoms with Crippen molar-refractivity contribution in [2.75, 3.05) is 49.5 Å². The Morgan fingerprint density at radius 2 is 2.08 bits per heavy atom. The topological polar surface area (TPSA) is 81.6 Å². The quantitative estimate of drug-likeness (QED) is 0.847. The lowest BCUT2D eigenvalue weighted by atomic mass is 10.2. The van der Waals surface area contributed by atoms with Gasteiger partial charge in [-0.15, -0.1) is 11.3 Å². The molecule has 0 aromatic carbocycles. The predicted octanol–water partition coefficient (Wildman–Crippen LogP) is 1.33. The summed E-state index contributed by atoms with van der Waals surface area (Å²) >= 11 is 1.68. The molecule has 7 nitrogen and oxygen atoms in total. The van der Waals surface area contributed by atoms with Crippen LogP contribution in [-0.4, -0.2) is 65.2 Å². The molecular weight excluding hydrogens is 326 g/mol. The SMILES string of the molecule is CCc1cc2c(N3CCN(C(C)=O)CC3)nc(NCCO)nc2s1. The maximum Gasteiger partial charge on any atom is 0.226 e. The molecule has 130 valence electrons. The average molecular weight is 349 g/mol. The number of aliphatic hydroxyl groups excluding tert-OH is 1. The second-order valence-corrected chi connectivity index (χ2v) is 6.91. The molecule has 1 aliphatic rings. The second-order valence-electron chi connectivity index (χ2n) is 5.80. The van der Waals surface area contributed by atoms with E-state index in [1.807, 2.05) is 4.90 Å². The van der Waals surface area contributed by atoms with E-state index in [2.05, 4.69) is 33.2 Å². The lowest BCUT2D eigenvalue weighted by molar-refractivity contribution is -0.129. The number of carbonyl (C=O) groups excluding carboxylic acids is 1. The maximum atomic E-state index is 11.5. The van der Waals surface area contributed by atoms with Gasteiger partial charge in [0.25, 0.3) is 0 Å². The van der Waals surface area contributed by atoms with Crippen molar-refractivity contribution >= 4 is 39.2 Å². The van der Waals surface area contributed by atoms with Crippen LogP contribution in [0.3, 0.4) is 0 Å². The number of thiophene rings is 1. The zero-order valence-electron chi connectivity index (χ0n) is 14.1. The van der Waals surface area contributed by atoms with E-state index in [9.17, 15) is 4.79 Å². The van der Waals surface area contributed by atoms with Crippen LogP contribution in [0.2, 0.25) is 0 Å². The number of amides is 1. The van der Waals surface area contributed by atoms with Gasteiger partial charge in [0, 0.05) is 44.5 Å². The van der Waals surface area contributed by atoms with Crippen LogP contribution < -0.4 is 10.2 Å². The Balaban J connectivity index is 1.92. The van der Waals surface area contributed by atoms with Gasteiger partial charge in [-0.1, -0.05) is 6.92 Å². The highest BCUT2D eigenvalue weighted by Gasteiger charge is 2.23. The molecule has 2 aromatic rings. The predicted molar refractivity (Wildman–Crippen MR) is 96.8 cm³/mol. The summed E-state index contributed by atoms with van der Waals surface area (Å²) in [7, 11) is 0. The molecule has 24 heavy (non-hydrogen) atoms. The van der Waals surface area contributed by atoms with Gasteiger partial charge in [0.1, 0.15) is 10.6 Å². The third kappa shape index (κ3) is 3.44. The third-order valence-corrected chi connectivity index (χ3v) is 5.36. The van der Waals surface area contributed by atoms with Gasteiger partial charge in [-0.05, 0) is 12.5 Å². The molecule has 8 heteroatoms. The van der Waals surface area contributed by atoms with Crippen molar-refractivity contribution in [3.63, 3.8) is 0 Å². The fourth-order valence-corrected chi connectivity index (χ4v) is 3.81. The van der Waals surface area contributed by atoms with E-state index in [0.717, 1.165) is 35.5 Å². The van der Waals surface area contributed by atoms with E-state index in [-0.39, 0.29) is 12.5 Å². The van der Waals surface area contributed by atoms with E-state index in [4.69, 9.17) is 5.11 Å². The number of aromatic nitrogens is 2. The minimum atomic E-state index is 0.0403. The summed E-state index contributed by atoms with van der Waals surface area (Å²) in [5.74, 6) is 1.58. The number of hydrogen-bond acceptors (Lipinski definition) is 7. The second kappa shape index (κ2) is 7.31. The van der Waals surface area contributed by atoms with Crippen molar-refractivity contribution in [2.24, 2.45) is 0 Å². The summed E-state index contributed by atoms with van der Waals surface area (Å²) in [5.41, 5.74) is 0. The first-order chi connectivity index (χ1) is 11.6. The number of fused-ring (bicyclic) bond motifs is 1. The molecule has 0 atom stereocenters. The highest BCUT2D eigenvalue weighted by atomic mass is 32.1. The molecule has 0 spiro atoms. The number of aliphatic hydroxyl groups is 1. The fraction of sp³-hybridized carbons (Fsp3) is 0.562. The zero-order valence-corrected chi connectivity index (χ0v) is 14.9. The van der Waals surface area contributed by atoms with E-state index < -0.39 is 0 Å². The standard InChI is InChI=1S/C16H23N5O2S/c1-3-12-10-13-14(21-7-5-20(6-8-21)11(2)23)18-16(17-4-9-22)19-15(13)24-12/h10,22H,3-9H2,1-2H3,(H,17,18,19). The average Bonchev–Trinajstić information content (AvgIpc) is 3.02. The van der Waals surface area contributed by atoms with E-state index >= 15 is 0 Å². The van der Waals surface area contributed by atoms with Crippen LogP contribution in [0, 0.1) is 0 Å². The monoisotopic (exact) mass is 349 g/mol. The summed E-state index contributed by atoms with van der Waals surface area (Å²) in [5, 5.41) is 13.2. The molecule has 0 unspecified atom stereocenters. The summed E-state index contributed by atoms with van der Waals surface area (Å²) < 4.78 is 0. The van der Waals surface area contributed by atoms with Gasteiger partial charge >= 0.3 is 0 Å². The van der Waals surface area contributed by atoms with Gasteiger partial charge in [0.2, 0.25) is 11.9 Å². The molecule has 3 heterocycles. The number of piperazine rings is 1. The number of anilines is 2. The molecule has 3 rings (SSSR count). The van der Waals surface area contributed by atoms with Crippen molar-refractivity contribution in [1.82, 2.24) is 14.9 Å². The normalized spacial score (nSPS) is 15.1. The third-order valence-electron chi connectivity index (χ3n) is 4.19. The van der Waals surface area contributed by atoms with E-state index in [1.54, 1.807) is 18.3 Å². The van der Waals surface area contributed by atoms with Gasteiger partial charge in [0.15, 0.2) is 0 Å². The number of rotatable bonds is 5.